The third kappa shape index (κ3) is 5.42. The van der Waals surface area contributed by atoms with Crippen LogP contribution in [0.15, 0.2) is 54.1 Å². The Kier molecular flexibility index (Phi) is 7.87. The van der Waals surface area contributed by atoms with Crippen LogP contribution in [0.5, 0.6) is 11.5 Å². The van der Waals surface area contributed by atoms with Crippen molar-refractivity contribution in [3.8, 4) is 11.5 Å². The number of rotatable bonds is 9. The molecule has 1 heterocycles. The lowest BCUT2D eigenvalue weighted by molar-refractivity contribution is -0.139. The van der Waals surface area contributed by atoms with Crippen LogP contribution in [-0.2, 0) is 14.4 Å². The fourth-order valence-electron chi connectivity index (χ4n) is 3.81. The zero-order valence-electron chi connectivity index (χ0n) is 19.2. The summed E-state index contributed by atoms with van der Waals surface area (Å²) in [5.74, 6) is -1.28. The van der Waals surface area contributed by atoms with E-state index in [0.717, 1.165) is 12.8 Å². The molecule has 7 heteroatoms. The first-order valence-electron chi connectivity index (χ1n) is 11.2. The van der Waals surface area contributed by atoms with E-state index in [-0.39, 0.29) is 11.3 Å². The summed E-state index contributed by atoms with van der Waals surface area (Å²) in [6, 6.07) is 12.7. The topological polar surface area (TPSA) is 93.1 Å². The summed E-state index contributed by atoms with van der Waals surface area (Å²) in [5, 5.41) is 11.2. The Morgan fingerprint density at radius 1 is 1.03 bits per heavy atom. The molecule has 0 radical (unpaired) electrons. The second-order valence-corrected chi connectivity index (χ2v) is 7.89. The molecule has 1 atom stereocenters. The van der Waals surface area contributed by atoms with E-state index in [9.17, 15) is 19.5 Å². The number of benzene rings is 2. The molecule has 0 aromatic heterocycles. The predicted molar refractivity (Wildman–Crippen MR) is 124 cm³/mol. The Hall–Kier alpha value is -3.61. The van der Waals surface area contributed by atoms with Gasteiger partial charge in [0.15, 0.2) is 0 Å². The van der Waals surface area contributed by atoms with Gasteiger partial charge in [0.2, 0.25) is 0 Å². The number of ketones is 1. The lowest BCUT2D eigenvalue weighted by Gasteiger charge is -2.25. The summed E-state index contributed by atoms with van der Waals surface area (Å²) in [5.41, 5.74) is 0.964. The number of Topliss-reactive ketones (excluding diaryl/α,β-unsaturated/α-hetero) is 1. The van der Waals surface area contributed by atoms with Crippen molar-refractivity contribution < 1.29 is 29.0 Å². The monoisotopic (exact) mass is 451 g/mol. The molecule has 1 fully saturated rings. The van der Waals surface area contributed by atoms with E-state index in [1.54, 1.807) is 48.5 Å². The molecular formula is C26H29NO6. The Bertz CT molecular complexity index is 1070. The van der Waals surface area contributed by atoms with Gasteiger partial charge in [-0.15, -0.1) is 0 Å². The molecule has 1 aliphatic rings. The molecule has 1 N–H and O–H groups in total. The number of carbonyl (C=O) groups is 3. The standard InChI is InChI=1S/C26H29NO6/c1-4-6-13-27-23(18-9-7-12-21(15-18)33-17(3)28)22(25(30)26(27)31)24(29)19-10-8-11-20(16-19)32-14-5-2/h7-12,15-16,23,29H,4-6,13-14H2,1-3H3/b24-22-. The van der Waals surface area contributed by atoms with Gasteiger partial charge < -0.3 is 19.5 Å². The van der Waals surface area contributed by atoms with E-state index in [2.05, 4.69) is 0 Å². The molecule has 2 aromatic rings. The lowest BCUT2D eigenvalue weighted by Crippen LogP contribution is -2.30. The maximum absolute atomic E-state index is 13.1. The molecule has 0 saturated carbocycles. The number of likely N-dealkylation sites (tertiary alicyclic amines) is 1. The molecule has 33 heavy (non-hydrogen) atoms. The number of nitrogens with zero attached hydrogens (tertiary/aromatic N) is 1. The Morgan fingerprint density at radius 2 is 1.76 bits per heavy atom. The van der Waals surface area contributed by atoms with Gasteiger partial charge in [-0.25, -0.2) is 0 Å². The number of aliphatic hydroxyl groups excluding tert-OH is 1. The van der Waals surface area contributed by atoms with Crippen molar-refractivity contribution in [2.24, 2.45) is 0 Å². The molecule has 3 rings (SSSR count). The van der Waals surface area contributed by atoms with Crippen LogP contribution < -0.4 is 9.47 Å². The van der Waals surface area contributed by atoms with Gasteiger partial charge in [-0.2, -0.15) is 0 Å². The molecule has 174 valence electrons. The Labute approximate surface area is 193 Å². The maximum Gasteiger partial charge on any atom is 0.308 e. The molecule has 1 unspecified atom stereocenters. The highest BCUT2D eigenvalue weighted by molar-refractivity contribution is 6.46. The van der Waals surface area contributed by atoms with Gasteiger partial charge in [0.1, 0.15) is 17.3 Å². The first-order valence-corrected chi connectivity index (χ1v) is 11.2. The van der Waals surface area contributed by atoms with Crippen LogP contribution in [0.1, 0.15) is 57.2 Å². The molecule has 0 bridgehead atoms. The first-order chi connectivity index (χ1) is 15.9. The van der Waals surface area contributed by atoms with E-state index in [4.69, 9.17) is 9.47 Å². The summed E-state index contributed by atoms with van der Waals surface area (Å²) in [6.45, 7) is 6.17. The molecular weight excluding hydrogens is 422 g/mol. The summed E-state index contributed by atoms with van der Waals surface area (Å²) in [7, 11) is 0. The second-order valence-electron chi connectivity index (χ2n) is 7.89. The van der Waals surface area contributed by atoms with Crippen LogP contribution in [0.25, 0.3) is 5.76 Å². The van der Waals surface area contributed by atoms with Crippen LogP contribution in [-0.4, -0.2) is 40.8 Å². The van der Waals surface area contributed by atoms with Gasteiger partial charge in [0.25, 0.3) is 11.7 Å². The number of esters is 1. The normalized spacial score (nSPS) is 17.3. The number of aliphatic hydroxyl groups is 1. The maximum atomic E-state index is 13.1. The van der Waals surface area contributed by atoms with Crippen LogP contribution >= 0.6 is 0 Å². The van der Waals surface area contributed by atoms with E-state index in [1.165, 1.54) is 11.8 Å². The molecule has 7 nitrogen and oxygen atoms in total. The van der Waals surface area contributed by atoms with Crippen molar-refractivity contribution in [3.05, 3.63) is 65.2 Å². The van der Waals surface area contributed by atoms with Crippen molar-refractivity contribution >= 4 is 23.4 Å². The van der Waals surface area contributed by atoms with E-state index in [0.29, 0.717) is 42.2 Å². The van der Waals surface area contributed by atoms with Crippen LogP contribution in [0.2, 0.25) is 0 Å². The van der Waals surface area contributed by atoms with Gasteiger partial charge in [0.05, 0.1) is 18.2 Å². The fraction of sp³-hybridized carbons (Fsp3) is 0.346. The lowest BCUT2D eigenvalue weighted by atomic mass is 9.95. The largest absolute Gasteiger partial charge is 0.507 e. The Morgan fingerprint density at radius 3 is 2.45 bits per heavy atom. The average Bonchev–Trinajstić information content (AvgIpc) is 3.05. The third-order valence-corrected chi connectivity index (χ3v) is 5.31. The minimum absolute atomic E-state index is 0.00344. The number of ether oxygens (including phenoxy) is 2. The molecule has 1 saturated heterocycles. The van der Waals surface area contributed by atoms with Crippen LogP contribution in [0.3, 0.4) is 0 Å². The van der Waals surface area contributed by atoms with E-state index >= 15 is 0 Å². The predicted octanol–water partition coefficient (Wildman–Crippen LogP) is 4.62. The van der Waals surface area contributed by atoms with Crippen molar-refractivity contribution in [2.45, 2.75) is 46.1 Å². The number of hydrogen-bond acceptors (Lipinski definition) is 6. The van der Waals surface area contributed by atoms with E-state index in [1.807, 2.05) is 13.8 Å². The SMILES string of the molecule is CCCCN1C(=O)C(=O)/C(=C(\O)c2cccc(OCCC)c2)C1c1cccc(OC(C)=O)c1. The highest BCUT2D eigenvalue weighted by Gasteiger charge is 2.45. The van der Waals surface area contributed by atoms with Crippen LogP contribution in [0.4, 0.5) is 0 Å². The second kappa shape index (κ2) is 10.8. The highest BCUT2D eigenvalue weighted by atomic mass is 16.5. The van der Waals surface area contributed by atoms with Gasteiger partial charge in [0, 0.05) is 19.0 Å². The fourth-order valence-corrected chi connectivity index (χ4v) is 3.81. The van der Waals surface area contributed by atoms with Crippen molar-refractivity contribution in [1.29, 1.82) is 0 Å². The molecule has 2 aromatic carbocycles. The minimum Gasteiger partial charge on any atom is -0.507 e. The number of unbranched alkanes of at least 4 members (excludes halogenated alkanes) is 1. The number of amides is 1. The highest BCUT2D eigenvalue weighted by Crippen LogP contribution is 2.40. The molecule has 1 amide bonds. The van der Waals surface area contributed by atoms with E-state index < -0.39 is 23.7 Å². The number of hydrogen-bond donors (Lipinski definition) is 1. The zero-order chi connectivity index (χ0) is 24.0. The minimum atomic E-state index is -0.799. The first kappa shape index (κ1) is 24.0. The molecule has 0 spiro atoms. The summed E-state index contributed by atoms with van der Waals surface area (Å²) < 4.78 is 10.8. The molecule has 1 aliphatic heterocycles. The van der Waals surface area contributed by atoms with Gasteiger partial charge in [-0.1, -0.05) is 44.5 Å². The van der Waals surface area contributed by atoms with Gasteiger partial charge >= 0.3 is 5.97 Å². The summed E-state index contributed by atoms with van der Waals surface area (Å²) in [4.78, 5) is 38.9. The third-order valence-electron chi connectivity index (χ3n) is 5.31. The number of carbonyl (C=O) groups excluding carboxylic acids is 3. The smallest absolute Gasteiger partial charge is 0.308 e. The summed E-state index contributed by atoms with van der Waals surface area (Å²) in [6.07, 6.45) is 2.37. The van der Waals surface area contributed by atoms with Crippen LogP contribution in [0, 0.1) is 0 Å². The Balaban J connectivity index is 2.12. The summed E-state index contributed by atoms with van der Waals surface area (Å²) >= 11 is 0. The van der Waals surface area contributed by atoms with Crippen molar-refractivity contribution in [2.75, 3.05) is 13.2 Å². The zero-order valence-corrected chi connectivity index (χ0v) is 19.2. The average molecular weight is 452 g/mol. The molecule has 0 aliphatic carbocycles. The quantitative estimate of drug-likeness (QED) is 0.197. The van der Waals surface area contributed by atoms with Crippen molar-refractivity contribution in [1.82, 2.24) is 4.90 Å². The van der Waals surface area contributed by atoms with Gasteiger partial charge in [-0.3, -0.25) is 14.4 Å². The van der Waals surface area contributed by atoms with Crippen molar-refractivity contribution in [3.63, 3.8) is 0 Å². The van der Waals surface area contributed by atoms with Gasteiger partial charge in [-0.05, 0) is 42.7 Å².